The Labute approximate surface area is 135 Å². The van der Waals surface area contributed by atoms with E-state index < -0.39 is 15.6 Å². The van der Waals surface area contributed by atoms with E-state index in [1.54, 1.807) is 6.07 Å². The monoisotopic (exact) mass is 375 g/mol. The minimum absolute atomic E-state index is 0.240. The molecule has 2 rings (SSSR count). The molecule has 1 aromatic carbocycles. The van der Waals surface area contributed by atoms with E-state index in [2.05, 4.69) is 4.72 Å². The van der Waals surface area contributed by atoms with Crippen molar-refractivity contribution in [2.45, 2.75) is 68.1 Å². The molecule has 0 atom stereocenters. The van der Waals surface area contributed by atoms with Gasteiger partial charge < -0.3 is 0 Å². The zero-order valence-electron chi connectivity index (χ0n) is 13.1. The molecule has 1 aliphatic rings. The Morgan fingerprint density at radius 2 is 1.71 bits per heavy atom. The summed E-state index contributed by atoms with van der Waals surface area (Å²) in [7, 11) is -3.43. The molecular formula is C16H25NO2SSe. The molecule has 1 N–H and O–H groups in total. The van der Waals surface area contributed by atoms with Crippen molar-refractivity contribution in [2.24, 2.45) is 0 Å². The molecule has 0 spiro atoms. The van der Waals surface area contributed by atoms with Crippen LogP contribution >= 0.6 is 0 Å². The molecular weight excluding hydrogens is 349 g/mol. The molecule has 0 saturated heterocycles. The Balaban J connectivity index is 2.23. The van der Waals surface area contributed by atoms with Crippen molar-refractivity contribution in [3.05, 3.63) is 24.3 Å². The second-order valence-corrected chi connectivity index (χ2v) is 11.1. The van der Waals surface area contributed by atoms with Crippen LogP contribution in [0.4, 0.5) is 0 Å². The first kappa shape index (κ1) is 17.0. The summed E-state index contributed by atoms with van der Waals surface area (Å²) in [5, 5.41) is 0. The molecule has 1 fully saturated rings. The fourth-order valence-electron chi connectivity index (χ4n) is 2.59. The van der Waals surface area contributed by atoms with Gasteiger partial charge in [-0.3, -0.25) is 0 Å². The summed E-state index contributed by atoms with van der Waals surface area (Å²) in [4.78, 5) is 1.17. The molecule has 1 aromatic rings. The number of hydrogen-bond acceptors (Lipinski definition) is 2. The summed E-state index contributed by atoms with van der Waals surface area (Å²) in [6, 6.07) is 7.51. The van der Waals surface area contributed by atoms with Crippen LogP contribution < -0.4 is 9.18 Å². The minimum atomic E-state index is -3.43. The summed E-state index contributed by atoms with van der Waals surface area (Å²) < 4.78 is 29.0. The molecule has 0 aliphatic heterocycles. The maximum atomic E-state index is 12.6. The summed E-state index contributed by atoms with van der Waals surface area (Å²) in [6.07, 6.45) is 6.42. The van der Waals surface area contributed by atoms with E-state index in [0.29, 0.717) is 9.71 Å². The molecule has 0 unspecified atom stereocenters. The first-order chi connectivity index (χ1) is 9.78. The number of hydrogen-bond donors (Lipinski definition) is 1. The number of rotatable bonds is 4. The van der Waals surface area contributed by atoms with Crippen molar-refractivity contribution < 1.29 is 8.42 Å². The summed E-state index contributed by atoms with van der Waals surface area (Å²) >= 11 is 0.240. The average Bonchev–Trinajstić information content (AvgIpc) is 2.37. The number of sulfonamides is 1. The Morgan fingerprint density at radius 1 is 1.10 bits per heavy atom. The van der Waals surface area contributed by atoms with Crippen LogP contribution in [0.5, 0.6) is 0 Å². The van der Waals surface area contributed by atoms with E-state index in [4.69, 9.17) is 0 Å². The van der Waals surface area contributed by atoms with Crippen molar-refractivity contribution in [3.63, 3.8) is 0 Å². The van der Waals surface area contributed by atoms with E-state index in [1.807, 2.05) is 39.0 Å². The van der Waals surface area contributed by atoms with Gasteiger partial charge in [0.15, 0.2) is 0 Å². The fraction of sp³-hybridized carbons (Fsp3) is 0.625. The quantitative estimate of drug-likeness (QED) is 0.824. The van der Waals surface area contributed by atoms with Crippen LogP contribution in [0.25, 0.3) is 0 Å². The third kappa shape index (κ3) is 5.10. The molecule has 0 bridgehead atoms. The van der Waals surface area contributed by atoms with E-state index in [1.165, 1.54) is 32.1 Å². The van der Waals surface area contributed by atoms with Gasteiger partial charge in [0.2, 0.25) is 0 Å². The Kier molecular flexibility index (Phi) is 5.53. The van der Waals surface area contributed by atoms with Gasteiger partial charge in [-0.2, -0.15) is 0 Å². The Morgan fingerprint density at radius 3 is 2.33 bits per heavy atom. The van der Waals surface area contributed by atoms with Gasteiger partial charge in [0.25, 0.3) is 0 Å². The predicted molar refractivity (Wildman–Crippen MR) is 88.7 cm³/mol. The van der Waals surface area contributed by atoms with Crippen molar-refractivity contribution in [3.8, 4) is 0 Å². The Hall–Kier alpha value is -0.351. The van der Waals surface area contributed by atoms with Gasteiger partial charge in [-0.05, 0) is 0 Å². The molecule has 118 valence electrons. The first-order valence-corrected chi connectivity index (χ1v) is 10.9. The van der Waals surface area contributed by atoms with Crippen LogP contribution in [0, 0.1) is 0 Å². The van der Waals surface area contributed by atoms with E-state index >= 15 is 0 Å². The second kappa shape index (κ2) is 6.82. The predicted octanol–water partition coefficient (Wildman–Crippen LogP) is 2.85. The molecule has 0 heterocycles. The van der Waals surface area contributed by atoms with Gasteiger partial charge in [-0.25, -0.2) is 0 Å². The maximum absolute atomic E-state index is 12.6. The third-order valence-electron chi connectivity index (χ3n) is 3.43. The first-order valence-electron chi connectivity index (χ1n) is 7.58. The molecule has 0 aromatic heterocycles. The summed E-state index contributed by atoms with van der Waals surface area (Å²) in [6.45, 7) is 5.62. The van der Waals surface area contributed by atoms with Crippen LogP contribution in [0.15, 0.2) is 29.2 Å². The van der Waals surface area contributed by atoms with E-state index in [0.717, 1.165) is 4.46 Å². The normalized spacial score (nSPS) is 17.9. The van der Waals surface area contributed by atoms with Crippen LogP contribution in [0.1, 0.15) is 52.9 Å². The van der Waals surface area contributed by atoms with Gasteiger partial charge in [0.1, 0.15) is 0 Å². The molecule has 0 radical (unpaired) electrons. The average molecular weight is 374 g/mol. The van der Waals surface area contributed by atoms with E-state index in [9.17, 15) is 8.42 Å². The van der Waals surface area contributed by atoms with Crippen molar-refractivity contribution in [1.82, 2.24) is 4.72 Å². The third-order valence-corrected chi connectivity index (χ3v) is 8.50. The van der Waals surface area contributed by atoms with E-state index in [-0.39, 0.29) is 15.0 Å². The van der Waals surface area contributed by atoms with Crippen molar-refractivity contribution in [2.75, 3.05) is 0 Å². The van der Waals surface area contributed by atoms with Gasteiger partial charge in [0.05, 0.1) is 0 Å². The Bertz CT molecular complexity index is 572. The molecule has 21 heavy (non-hydrogen) atoms. The van der Waals surface area contributed by atoms with Crippen LogP contribution in [0.3, 0.4) is 0 Å². The van der Waals surface area contributed by atoms with Gasteiger partial charge in [-0.15, -0.1) is 0 Å². The number of nitrogens with one attached hydrogen (secondary N) is 1. The van der Waals surface area contributed by atoms with Crippen LogP contribution in [0.2, 0.25) is 4.82 Å². The van der Waals surface area contributed by atoms with Gasteiger partial charge in [0, 0.05) is 0 Å². The fourth-order valence-corrected chi connectivity index (χ4v) is 7.70. The van der Waals surface area contributed by atoms with Crippen molar-refractivity contribution >= 4 is 29.4 Å². The summed E-state index contributed by atoms with van der Waals surface area (Å²) in [5.74, 6) is 0. The number of benzene rings is 1. The molecule has 1 saturated carbocycles. The molecule has 5 heteroatoms. The van der Waals surface area contributed by atoms with Crippen molar-refractivity contribution in [1.29, 1.82) is 0 Å². The van der Waals surface area contributed by atoms with Gasteiger partial charge >= 0.3 is 135 Å². The van der Waals surface area contributed by atoms with Crippen LogP contribution in [-0.4, -0.2) is 28.9 Å². The van der Waals surface area contributed by atoms with Crippen LogP contribution in [-0.2, 0) is 10.0 Å². The zero-order chi connectivity index (χ0) is 15.5. The second-order valence-electron chi connectivity index (χ2n) is 6.68. The molecule has 3 nitrogen and oxygen atoms in total. The summed E-state index contributed by atoms with van der Waals surface area (Å²) in [5.41, 5.74) is -0.455. The standard InChI is InChI=1S/C16H25NO2SSe/c1-16(2,3)17-20(18,19)14-11-7-8-12-15(14)21-13-9-5-4-6-10-13/h7-8,11-13,17H,4-6,9-10H2,1-3H3. The topological polar surface area (TPSA) is 46.2 Å². The SMILES string of the molecule is CC(C)(C)NS(=O)(=O)c1ccccc1[Se]C1CCCCC1. The molecule has 1 aliphatic carbocycles. The van der Waals surface area contributed by atoms with Gasteiger partial charge in [-0.1, -0.05) is 0 Å². The molecule has 0 amide bonds. The zero-order valence-corrected chi connectivity index (χ0v) is 15.6.